The fourth-order valence-electron chi connectivity index (χ4n) is 3.52. The van der Waals surface area contributed by atoms with Crippen LogP contribution in [0.2, 0.25) is 0 Å². The molecule has 1 aromatic carbocycles. The number of nitrogens with one attached hydrogen (secondary N) is 1. The van der Waals surface area contributed by atoms with Gasteiger partial charge in [-0.25, -0.2) is 4.68 Å². The van der Waals surface area contributed by atoms with Crippen molar-refractivity contribution < 1.29 is 14.7 Å². The van der Waals surface area contributed by atoms with Gasteiger partial charge in [-0.1, -0.05) is 35.5 Å². The summed E-state index contributed by atoms with van der Waals surface area (Å²) in [5, 5.41) is 17.2. The second kappa shape index (κ2) is 5.98. The third-order valence-electron chi connectivity index (χ3n) is 5.04. The number of hydroxylamine groups is 1. The zero-order valence-electron chi connectivity index (χ0n) is 13.5. The highest BCUT2D eigenvalue weighted by Gasteiger charge is 2.54. The van der Waals surface area contributed by atoms with E-state index in [2.05, 4.69) is 15.8 Å². The Bertz CT molecular complexity index is 813. The molecule has 1 unspecified atom stereocenters. The molecular formula is C17H19N5O3. The SMILES string of the molecule is NC(=O)C1(C2CC(n3nncc3CO)C2)C=C(c2ccccc2)NO1. The number of benzene rings is 1. The molecule has 2 aromatic rings. The molecule has 2 heterocycles. The molecule has 25 heavy (non-hydrogen) atoms. The standard InChI is InChI=1S/C17H19N5O3/c18-16(24)17(8-15(20-25-17)11-4-2-1-3-5-11)12-6-13(7-12)22-14(10-23)9-19-21-22/h1-5,8-9,12-13,20,23H,6-7,10H2,(H2,18,24). The molecule has 8 heteroatoms. The summed E-state index contributed by atoms with van der Waals surface area (Å²) in [6, 6.07) is 9.71. The lowest BCUT2D eigenvalue weighted by atomic mass is 9.69. The van der Waals surface area contributed by atoms with Crippen molar-refractivity contribution >= 4 is 11.6 Å². The quantitative estimate of drug-likeness (QED) is 0.730. The Morgan fingerprint density at radius 3 is 2.84 bits per heavy atom. The van der Waals surface area contributed by atoms with Crippen molar-refractivity contribution in [3.8, 4) is 0 Å². The number of aliphatic hydroxyl groups is 1. The van der Waals surface area contributed by atoms with Gasteiger partial charge in [-0.05, 0) is 24.5 Å². The average molecular weight is 341 g/mol. The number of carbonyl (C=O) groups excluding carboxylic acids is 1. The van der Waals surface area contributed by atoms with E-state index in [1.165, 1.54) is 6.20 Å². The van der Waals surface area contributed by atoms with Gasteiger partial charge in [0.05, 0.1) is 30.2 Å². The lowest BCUT2D eigenvalue weighted by Crippen LogP contribution is -2.54. The van der Waals surface area contributed by atoms with Crippen LogP contribution in [-0.4, -0.2) is 31.6 Å². The summed E-state index contributed by atoms with van der Waals surface area (Å²) < 4.78 is 1.70. The molecule has 0 radical (unpaired) electrons. The fraction of sp³-hybridized carbons (Fsp3) is 0.353. The summed E-state index contributed by atoms with van der Waals surface area (Å²) in [6.07, 6.45) is 4.65. The maximum Gasteiger partial charge on any atom is 0.256 e. The topological polar surface area (TPSA) is 115 Å². The van der Waals surface area contributed by atoms with E-state index in [0.29, 0.717) is 18.5 Å². The van der Waals surface area contributed by atoms with Crippen molar-refractivity contribution in [2.24, 2.45) is 11.7 Å². The lowest BCUT2D eigenvalue weighted by molar-refractivity contribution is -0.155. The van der Waals surface area contributed by atoms with Crippen LogP contribution in [0.3, 0.4) is 0 Å². The van der Waals surface area contributed by atoms with Crippen LogP contribution >= 0.6 is 0 Å². The van der Waals surface area contributed by atoms with Crippen LogP contribution in [0.4, 0.5) is 0 Å². The molecule has 1 aromatic heterocycles. The minimum Gasteiger partial charge on any atom is -0.390 e. The molecule has 0 saturated heterocycles. The molecule has 1 atom stereocenters. The van der Waals surface area contributed by atoms with Crippen LogP contribution in [-0.2, 0) is 16.2 Å². The predicted molar refractivity (Wildman–Crippen MR) is 88.3 cm³/mol. The Kier molecular flexibility index (Phi) is 3.78. The third-order valence-corrected chi connectivity index (χ3v) is 5.04. The number of carbonyl (C=O) groups is 1. The van der Waals surface area contributed by atoms with Gasteiger partial charge in [0.15, 0.2) is 5.60 Å². The van der Waals surface area contributed by atoms with Crippen molar-refractivity contribution in [1.29, 1.82) is 0 Å². The smallest absolute Gasteiger partial charge is 0.256 e. The van der Waals surface area contributed by atoms with Gasteiger partial charge in [0, 0.05) is 5.92 Å². The van der Waals surface area contributed by atoms with Crippen LogP contribution < -0.4 is 11.2 Å². The third kappa shape index (κ3) is 2.50. The maximum absolute atomic E-state index is 12.2. The molecule has 0 spiro atoms. The van der Waals surface area contributed by atoms with E-state index in [4.69, 9.17) is 10.6 Å². The molecule has 1 aliphatic carbocycles. The second-order valence-corrected chi connectivity index (χ2v) is 6.44. The molecule has 4 rings (SSSR count). The monoisotopic (exact) mass is 341 g/mol. The maximum atomic E-state index is 12.2. The molecule has 130 valence electrons. The fourth-order valence-corrected chi connectivity index (χ4v) is 3.52. The van der Waals surface area contributed by atoms with Crippen molar-refractivity contribution in [1.82, 2.24) is 20.5 Å². The van der Waals surface area contributed by atoms with Gasteiger partial charge >= 0.3 is 0 Å². The first kappa shape index (κ1) is 15.8. The summed E-state index contributed by atoms with van der Waals surface area (Å²) in [5.41, 5.74) is 9.68. The number of nitrogens with two attached hydrogens (primary N) is 1. The Labute approximate surface area is 144 Å². The number of rotatable bonds is 5. The number of aliphatic hydroxyl groups excluding tert-OH is 1. The van der Waals surface area contributed by atoms with Gasteiger partial charge in [0.2, 0.25) is 0 Å². The number of hydrogen-bond acceptors (Lipinski definition) is 6. The number of aromatic nitrogens is 3. The van der Waals surface area contributed by atoms with Crippen LogP contribution in [0, 0.1) is 5.92 Å². The van der Waals surface area contributed by atoms with Crippen molar-refractivity contribution in [3.05, 3.63) is 53.9 Å². The van der Waals surface area contributed by atoms with E-state index < -0.39 is 11.5 Å². The zero-order chi connectivity index (χ0) is 17.4. The Balaban J connectivity index is 1.56. The molecule has 1 aliphatic heterocycles. The molecule has 1 amide bonds. The Morgan fingerprint density at radius 2 is 2.16 bits per heavy atom. The second-order valence-electron chi connectivity index (χ2n) is 6.44. The average Bonchev–Trinajstić information content (AvgIpc) is 3.22. The summed E-state index contributed by atoms with van der Waals surface area (Å²) in [7, 11) is 0. The summed E-state index contributed by atoms with van der Waals surface area (Å²) >= 11 is 0. The highest BCUT2D eigenvalue weighted by molar-refractivity contribution is 5.90. The summed E-state index contributed by atoms with van der Waals surface area (Å²) in [4.78, 5) is 17.9. The van der Waals surface area contributed by atoms with Crippen LogP contribution in [0.15, 0.2) is 42.6 Å². The molecule has 8 nitrogen and oxygen atoms in total. The van der Waals surface area contributed by atoms with Crippen molar-refractivity contribution in [2.75, 3.05) is 0 Å². The first-order valence-electron chi connectivity index (χ1n) is 8.16. The van der Waals surface area contributed by atoms with Gasteiger partial charge in [-0.2, -0.15) is 0 Å². The number of hydrogen-bond donors (Lipinski definition) is 3. The minimum atomic E-state index is -1.18. The largest absolute Gasteiger partial charge is 0.390 e. The number of amides is 1. The van der Waals surface area contributed by atoms with Gasteiger partial charge in [0.25, 0.3) is 5.91 Å². The minimum absolute atomic E-state index is 0.0699. The summed E-state index contributed by atoms with van der Waals surface area (Å²) in [6.45, 7) is -0.120. The molecule has 1 fully saturated rings. The Morgan fingerprint density at radius 1 is 1.40 bits per heavy atom. The van der Waals surface area contributed by atoms with Gasteiger partial charge in [-0.3, -0.25) is 15.1 Å². The van der Waals surface area contributed by atoms with Crippen molar-refractivity contribution in [3.63, 3.8) is 0 Å². The first-order valence-corrected chi connectivity index (χ1v) is 8.16. The van der Waals surface area contributed by atoms with Crippen molar-refractivity contribution in [2.45, 2.75) is 31.1 Å². The highest BCUT2D eigenvalue weighted by atomic mass is 16.7. The van der Waals surface area contributed by atoms with Crippen LogP contribution in [0.25, 0.3) is 5.70 Å². The first-order chi connectivity index (χ1) is 12.1. The van der Waals surface area contributed by atoms with Gasteiger partial charge in [-0.15, -0.1) is 5.10 Å². The van der Waals surface area contributed by atoms with Crippen LogP contribution in [0.5, 0.6) is 0 Å². The molecule has 1 saturated carbocycles. The van der Waals surface area contributed by atoms with E-state index in [1.54, 1.807) is 10.8 Å². The lowest BCUT2D eigenvalue weighted by Gasteiger charge is -2.42. The van der Waals surface area contributed by atoms with E-state index >= 15 is 0 Å². The molecule has 4 N–H and O–H groups in total. The van der Waals surface area contributed by atoms with E-state index in [1.807, 2.05) is 30.3 Å². The normalized spacial score (nSPS) is 28.1. The Hall–Kier alpha value is -2.71. The molecule has 0 bridgehead atoms. The van der Waals surface area contributed by atoms with Gasteiger partial charge < -0.3 is 10.8 Å². The summed E-state index contributed by atoms with van der Waals surface area (Å²) in [5.74, 6) is -0.588. The number of primary amides is 1. The molecule has 2 aliphatic rings. The van der Waals surface area contributed by atoms with E-state index in [0.717, 1.165) is 11.3 Å². The van der Waals surface area contributed by atoms with Crippen LogP contribution in [0.1, 0.15) is 30.1 Å². The van der Waals surface area contributed by atoms with E-state index in [9.17, 15) is 9.90 Å². The number of nitrogens with zero attached hydrogens (tertiary/aromatic N) is 3. The zero-order valence-corrected chi connectivity index (χ0v) is 13.5. The van der Waals surface area contributed by atoms with Gasteiger partial charge in [0.1, 0.15) is 0 Å². The van der Waals surface area contributed by atoms with E-state index in [-0.39, 0.29) is 18.6 Å². The predicted octanol–water partition coefficient (Wildman–Crippen LogP) is 0.521. The molecular weight excluding hydrogens is 322 g/mol. The highest BCUT2D eigenvalue weighted by Crippen LogP contribution is 2.48.